The third kappa shape index (κ3) is 3.17. The molecule has 2 rings (SSSR count). The number of aliphatic carboxylic acids is 1. The van der Waals surface area contributed by atoms with Crippen LogP contribution in [0.4, 0.5) is 5.69 Å². The van der Waals surface area contributed by atoms with Crippen molar-refractivity contribution in [2.75, 3.05) is 4.72 Å². The fourth-order valence-corrected chi connectivity index (χ4v) is 2.78. The first-order chi connectivity index (χ1) is 9.83. The molecular formula is C12H12ClN3O4S. The first-order valence-corrected chi connectivity index (χ1v) is 7.78. The van der Waals surface area contributed by atoms with Gasteiger partial charge < -0.3 is 5.11 Å². The molecular weight excluding hydrogens is 318 g/mol. The number of nitrogens with one attached hydrogen (secondary N) is 1. The molecule has 0 aliphatic carbocycles. The molecule has 1 aromatic carbocycles. The van der Waals surface area contributed by atoms with Crippen LogP contribution in [0.5, 0.6) is 0 Å². The van der Waals surface area contributed by atoms with E-state index in [0.717, 1.165) is 6.92 Å². The minimum Gasteiger partial charge on any atom is -0.480 e. The van der Waals surface area contributed by atoms with Crippen molar-refractivity contribution in [3.63, 3.8) is 0 Å². The monoisotopic (exact) mass is 329 g/mol. The van der Waals surface area contributed by atoms with E-state index in [9.17, 15) is 13.2 Å². The zero-order valence-electron chi connectivity index (χ0n) is 10.9. The Morgan fingerprint density at radius 1 is 1.43 bits per heavy atom. The van der Waals surface area contributed by atoms with Crippen molar-refractivity contribution in [1.29, 1.82) is 0 Å². The molecule has 9 heteroatoms. The summed E-state index contributed by atoms with van der Waals surface area (Å²) in [5, 5.41) is 11.5. The molecule has 1 heterocycles. The summed E-state index contributed by atoms with van der Waals surface area (Å²) < 4.78 is 27.7. The van der Waals surface area contributed by atoms with Gasteiger partial charge in [-0.3, -0.25) is 9.52 Å². The molecule has 0 aliphatic heterocycles. The van der Waals surface area contributed by atoms with Crippen LogP contribution >= 0.6 is 11.6 Å². The average Bonchev–Trinajstić information content (AvgIpc) is 2.91. The van der Waals surface area contributed by atoms with E-state index < -0.39 is 21.2 Å². The quantitative estimate of drug-likeness (QED) is 0.870. The number of hydrogen-bond donors (Lipinski definition) is 2. The van der Waals surface area contributed by atoms with Crippen molar-refractivity contribution in [2.24, 2.45) is 0 Å². The van der Waals surface area contributed by atoms with Gasteiger partial charge in [-0.25, -0.2) is 13.1 Å². The summed E-state index contributed by atoms with van der Waals surface area (Å²) in [7, 11) is -4.09. The molecule has 0 amide bonds. The highest BCUT2D eigenvalue weighted by Crippen LogP contribution is 2.29. The fraction of sp³-hybridized carbons (Fsp3) is 0.167. The maximum absolute atomic E-state index is 12.0. The van der Waals surface area contributed by atoms with Gasteiger partial charge in [-0.1, -0.05) is 17.7 Å². The Morgan fingerprint density at radius 2 is 2.14 bits per heavy atom. The predicted molar refractivity (Wildman–Crippen MR) is 78.2 cm³/mol. The molecule has 1 unspecified atom stereocenters. The van der Waals surface area contributed by atoms with E-state index in [1.807, 2.05) is 0 Å². The minimum absolute atomic E-state index is 0.152. The lowest BCUT2D eigenvalue weighted by atomic mass is 10.3. The number of halogens is 1. The van der Waals surface area contributed by atoms with Crippen molar-refractivity contribution >= 4 is 33.3 Å². The van der Waals surface area contributed by atoms with Gasteiger partial charge in [0, 0.05) is 12.4 Å². The standard InChI is InChI=1S/C12H12ClN3O4S/c1-8(12(17)18)21(19,20)15-10-5-2-4-9(13)11(10)16-7-3-6-14-16/h2-8,15H,1H3,(H,17,18). The Labute approximate surface area is 126 Å². The van der Waals surface area contributed by atoms with Crippen molar-refractivity contribution in [3.05, 3.63) is 41.7 Å². The lowest BCUT2D eigenvalue weighted by Gasteiger charge is -2.15. The summed E-state index contributed by atoms with van der Waals surface area (Å²) in [5.74, 6) is -1.44. The smallest absolute Gasteiger partial charge is 0.323 e. The number of hydrogen-bond acceptors (Lipinski definition) is 4. The number of aromatic nitrogens is 2. The van der Waals surface area contributed by atoms with Gasteiger partial charge >= 0.3 is 5.97 Å². The Hall–Kier alpha value is -2.06. The molecule has 0 saturated heterocycles. The number of carboxylic acid groups (broad SMARTS) is 1. The van der Waals surface area contributed by atoms with Crippen molar-refractivity contribution in [1.82, 2.24) is 9.78 Å². The van der Waals surface area contributed by atoms with Gasteiger partial charge in [0.2, 0.25) is 10.0 Å². The first-order valence-electron chi connectivity index (χ1n) is 5.86. The number of para-hydroxylation sites is 1. The molecule has 0 fully saturated rings. The molecule has 7 nitrogen and oxygen atoms in total. The summed E-state index contributed by atoms with van der Waals surface area (Å²) in [4.78, 5) is 10.9. The molecule has 1 atom stereocenters. The average molecular weight is 330 g/mol. The second-order valence-corrected chi connectivity index (χ2v) is 6.62. The Kier molecular flexibility index (Phi) is 4.19. The molecule has 112 valence electrons. The van der Waals surface area contributed by atoms with Gasteiger partial charge in [-0.05, 0) is 25.1 Å². The number of benzene rings is 1. The highest BCUT2D eigenvalue weighted by atomic mass is 35.5. The van der Waals surface area contributed by atoms with Gasteiger partial charge in [-0.15, -0.1) is 0 Å². The Bertz CT molecular complexity index is 759. The van der Waals surface area contributed by atoms with Crippen LogP contribution in [-0.2, 0) is 14.8 Å². The molecule has 0 aliphatic rings. The van der Waals surface area contributed by atoms with Gasteiger partial charge in [0.25, 0.3) is 0 Å². The first kappa shape index (κ1) is 15.3. The van der Waals surface area contributed by atoms with E-state index in [4.69, 9.17) is 16.7 Å². The predicted octanol–water partition coefficient (Wildman–Crippen LogP) is 1.74. The summed E-state index contributed by atoms with van der Waals surface area (Å²) >= 11 is 6.08. The molecule has 0 saturated carbocycles. The van der Waals surface area contributed by atoms with Crippen LogP contribution < -0.4 is 4.72 Å². The zero-order chi connectivity index (χ0) is 15.6. The lowest BCUT2D eigenvalue weighted by molar-refractivity contribution is -0.136. The van der Waals surface area contributed by atoms with Crippen LogP contribution in [0, 0.1) is 0 Å². The summed E-state index contributed by atoms with van der Waals surface area (Å²) in [6.45, 7) is 1.09. The van der Waals surface area contributed by atoms with Gasteiger partial charge in [0.05, 0.1) is 10.7 Å². The molecule has 0 spiro atoms. The minimum atomic E-state index is -4.09. The molecule has 1 aromatic heterocycles. The van der Waals surface area contributed by atoms with Crippen molar-refractivity contribution < 1.29 is 18.3 Å². The molecule has 2 aromatic rings. The topological polar surface area (TPSA) is 101 Å². The number of carboxylic acids is 1. The van der Waals surface area contributed by atoms with Crippen LogP contribution in [0.3, 0.4) is 0 Å². The summed E-state index contributed by atoms with van der Waals surface area (Å²) in [6.07, 6.45) is 3.11. The van der Waals surface area contributed by atoms with E-state index in [1.165, 1.54) is 16.9 Å². The summed E-state index contributed by atoms with van der Waals surface area (Å²) in [5.41, 5.74) is 0.477. The second-order valence-electron chi connectivity index (χ2n) is 4.21. The molecule has 0 bridgehead atoms. The van der Waals surface area contributed by atoms with Crippen molar-refractivity contribution in [3.8, 4) is 5.69 Å². The van der Waals surface area contributed by atoms with E-state index in [-0.39, 0.29) is 10.7 Å². The fourth-order valence-electron chi connectivity index (χ4n) is 1.61. The van der Waals surface area contributed by atoms with E-state index in [0.29, 0.717) is 5.69 Å². The zero-order valence-corrected chi connectivity index (χ0v) is 12.5. The van der Waals surface area contributed by atoms with Crippen LogP contribution in [-0.4, -0.2) is 34.5 Å². The maximum Gasteiger partial charge on any atom is 0.323 e. The van der Waals surface area contributed by atoms with Crippen LogP contribution in [0.25, 0.3) is 5.69 Å². The molecule has 21 heavy (non-hydrogen) atoms. The van der Waals surface area contributed by atoms with E-state index in [1.54, 1.807) is 24.4 Å². The van der Waals surface area contributed by atoms with E-state index >= 15 is 0 Å². The van der Waals surface area contributed by atoms with Crippen LogP contribution in [0.15, 0.2) is 36.7 Å². The molecule has 2 N–H and O–H groups in total. The van der Waals surface area contributed by atoms with Gasteiger partial charge in [0.1, 0.15) is 5.69 Å². The number of rotatable bonds is 5. The van der Waals surface area contributed by atoms with Crippen molar-refractivity contribution in [2.45, 2.75) is 12.2 Å². The van der Waals surface area contributed by atoms with Gasteiger partial charge in [-0.2, -0.15) is 5.10 Å². The number of nitrogens with zero attached hydrogens (tertiary/aromatic N) is 2. The largest absolute Gasteiger partial charge is 0.480 e. The SMILES string of the molecule is CC(C(=O)O)S(=O)(=O)Nc1cccc(Cl)c1-n1cccn1. The number of carbonyl (C=O) groups is 1. The van der Waals surface area contributed by atoms with Gasteiger partial charge in [0.15, 0.2) is 5.25 Å². The Morgan fingerprint density at radius 3 is 2.71 bits per heavy atom. The number of sulfonamides is 1. The third-order valence-electron chi connectivity index (χ3n) is 2.79. The maximum atomic E-state index is 12.0. The second kappa shape index (κ2) is 5.74. The normalized spacial score (nSPS) is 12.9. The van der Waals surface area contributed by atoms with Crippen LogP contribution in [0.2, 0.25) is 5.02 Å². The highest BCUT2D eigenvalue weighted by molar-refractivity contribution is 7.94. The number of anilines is 1. The summed E-state index contributed by atoms with van der Waals surface area (Å²) in [6, 6.07) is 6.27. The van der Waals surface area contributed by atoms with Crippen LogP contribution in [0.1, 0.15) is 6.92 Å². The van der Waals surface area contributed by atoms with E-state index in [2.05, 4.69) is 9.82 Å². The molecule has 0 radical (unpaired) electrons. The Balaban J connectivity index is 2.47. The third-order valence-corrected chi connectivity index (χ3v) is 4.73. The lowest BCUT2D eigenvalue weighted by Crippen LogP contribution is -2.32. The highest BCUT2D eigenvalue weighted by Gasteiger charge is 2.28.